The van der Waals surface area contributed by atoms with Crippen LogP contribution in [0, 0.1) is 0 Å². The fourth-order valence-electron chi connectivity index (χ4n) is 3.36. The third kappa shape index (κ3) is 4.06. The van der Waals surface area contributed by atoms with E-state index in [-0.39, 0.29) is 11.7 Å². The van der Waals surface area contributed by atoms with Crippen LogP contribution in [0.4, 0.5) is 5.69 Å². The predicted molar refractivity (Wildman–Crippen MR) is 112 cm³/mol. The van der Waals surface area contributed by atoms with Crippen LogP contribution >= 0.6 is 0 Å². The van der Waals surface area contributed by atoms with Crippen LogP contribution in [0.25, 0.3) is 0 Å². The summed E-state index contributed by atoms with van der Waals surface area (Å²) < 4.78 is 5.06. The summed E-state index contributed by atoms with van der Waals surface area (Å²) in [5.41, 5.74) is 7.41. The van der Waals surface area contributed by atoms with E-state index in [0.717, 1.165) is 18.8 Å². The van der Waals surface area contributed by atoms with Crippen LogP contribution in [0.15, 0.2) is 71.8 Å². The highest BCUT2D eigenvalue weighted by molar-refractivity contribution is 5.95. The molecule has 3 aromatic rings. The second-order valence-electron chi connectivity index (χ2n) is 6.81. The Morgan fingerprint density at radius 1 is 1.07 bits per heavy atom. The highest BCUT2D eigenvalue weighted by atomic mass is 16.5. The van der Waals surface area contributed by atoms with E-state index in [1.54, 1.807) is 18.2 Å². The fraction of sp³-hybridized carbons (Fsp3) is 0.130. The molecule has 6 nitrogen and oxygen atoms in total. The van der Waals surface area contributed by atoms with Gasteiger partial charge in [-0.15, -0.1) is 0 Å². The molecule has 0 atom stereocenters. The van der Waals surface area contributed by atoms with Crippen LogP contribution in [0.5, 0.6) is 11.5 Å². The number of benzene rings is 3. The van der Waals surface area contributed by atoms with Crippen molar-refractivity contribution in [3.8, 4) is 11.5 Å². The van der Waals surface area contributed by atoms with Gasteiger partial charge in [-0.1, -0.05) is 30.3 Å². The molecule has 0 bridgehead atoms. The normalized spacial score (nSPS) is 12.8. The Kier molecular flexibility index (Phi) is 5.16. The van der Waals surface area contributed by atoms with Gasteiger partial charge in [-0.05, 0) is 53.1 Å². The molecule has 4 rings (SSSR count). The zero-order valence-corrected chi connectivity index (χ0v) is 16.0. The maximum Gasteiger partial charge on any atom is 0.271 e. The van der Waals surface area contributed by atoms with Crippen LogP contribution in [0.1, 0.15) is 27.0 Å². The molecule has 0 radical (unpaired) electrons. The summed E-state index contributed by atoms with van der Waals surface area (Å²) in [5, 5.41) is 13.6. The van der Waals surface area contributed by atoms with E-state index in [2.05, 4.69) is 27.6 Å². The second kappa shape index (κ2) is 8.06. The van der Waals surface area contributed by atoms with Crippen LogP contribution in [0.2, 0.25) is 0 Å². The van der Waals surface area contributed by atoms with Gasteiger partial charge < -0.3 is 14.7 Å². The molecule has 29 heavy (non-hydrogen) atoms. The van der Waals surface area contributed by atoms with Crippen molar-refractivity contribution in [2.75, 3.05) is 12.0 Å². The van der Waals surface area contributed by atoms with Crippen molar-refractivity contribution >= 4 is 17.8 Å². The van der Waals surface area contributed by atoms with E-state index >= 15 is 0 Å². The molecule has 1 aliphatic heterocycles. The lowest BCUT2D eigenvalue weighted by Crippen LogP contribution is -2.19. The minimum atomic E-state index is -0.287. The number of phenolic OH excluding ortho intramolecular Hbond substituents is 1. The first-order valence-corrected chi connectivity index (χ1v) is 9.26. The van der Waals surface area contributed by atoms with Gasteiger partial charge in [0.1, 0.15) is 0 Å². The molecule has 0 unspecified atom stereocenters. The third-order valence-electron chi connectivity index (χ3n) is 4.90. The Labute approximate surface area is 169 Å². The van der Waals surface area contributed by atoms with Crippen LogP contribution < -0.4 is 15.1 Å². The van der Waals surface area contributed by atoms with Crippen molar-refractivity contribution in [2.45, 2.75) is 13.1 Å². The van der Waals surface area contributed by atoms with E-state index in [9.17, 15) is 9.90 Å². The third-order valence-corrected chi connectivity index (χ3v) is 4.90. The number of hydrazone groups is 1. The Morgan fingerprint density at radius 2 is 1.83 bits per heavy atom. The molecule has 0 spiro atoms. The maximum atomic E-state index is 12.5. The average Bonchev–Trinajstić information content (AvgIpc) is 3.19. The summed E-state index contributed by atoms with van der Waals surface area (Å²) in [7, 11) is 1.48. The van der Waals surface area contributed by atoms with Gasteiger partial charge in [0.05, 0.1) is 13.3 Å². The van der Waals surface area contributed by atoms with Gasteiger partial charge in [0.25, 0.3) is 5.91 Å². The first-order chi connectivity index (χ1) is 14.1. The standard InChI is InChI=1S/C23H21N3O3/c1-29-22-11-16(9-10-21(22)27)13-24-25-23(28)17-7-4-8-20(12-17)26-14-18-5-2-3-6-19(18)15-26/h2-13,27H,14-15H2,1H3,(H,25,28)/b24-13-. The quantitative estimate of drug-likeness (QED) is 0.517. The summed E-state index contributed by atoms with van der Waals surface area (Å²) in [6, 6.07) is 20.7. The summed E-state index contributed by atoms with van der Waals surface area (Å²) in [4.78, 5) is 14.7. The van der Waals surface area contributed by atoms with E-state index in [0.29, 0.717) is 16.9 Å². The van der Waals surface area contributed by atoms with Gasteiger partial charge in [0, 0.05) is 24.3 Å². The number of hydrogen-bond acceptors (Lipinski definition) is 5. The summed E-state index contributed by atoms with van der Waals surface area (Å²) in [5.74, 6) is 0.111. The van der Waals surface area contributed by atoms with Gasteiger partial charge in [0.2, 0.25) is 0 Å². The molecule has 0 aliphatic carbocycles. The van der Waals surface area contributed by atoms with Gasteiger partial charge in [0.15, 0.2) is 11.5 Å². The first kappa shape index (κ1) is 18.6. The van der Waals surface area contributed by atoms with Crippen LogP contribution in [-0.2, 0) is 13.1 Å². The molecule has 3 aromatic carbocycles. The number of nitrogens with one attached hydrogen (secondary N) is 1. The highest BCUT2D eigenvalue weighted by Crippen LogP contribution is 2.28. The molecular weight excluding hydrogens is 366 g/mol. The number of carbonyl (C=O) groups excluding carboxylic acids is 1. The number of nitrogens with zero attached hydrogens (tertiary/aromatic N) is 2. The number of aromatic hydroxyl groups is 1. The minimum absolute atomic E-state index is 0.0505. The number of fused-ring (bicyclic) bond motifs is 1. The SMILES string of the molecule is COc1cc(/C=N\NC(=O)c2cccc(N3Cc4ccccc4C3)c2)ccc1O. The number of rotatable bonds is 5. The first-order valence-electron chi connectivity index (χ1n) is 9.26. The molecule has 0 aromatic heterocycles. The summed E-state index contributed by atoms with van der Waals surface area (Å²) >= 11 is 0. The zero-order chi connectivity index (χ0) is 20.2. The summed E-state index contributed by atoms with van der Waals surface area (Å²) in [6.07, 6.45) is 1.50. The van der Waals surface area contributed by atoms with Crippen molar-refractivity contribution in [1.29, 1.82) is 0 Å². The molecule has 0 saturated heterocycles. The molecule has 1 heterocycles. The van der Waals surface area contributed by atoms with Gasteiger partial charge in [-0.25, -0.2) is 5.43 Å². The monoisotopic (exact) mass is 387 g/mol. The largest absolute Gasteiger partial charge is 0.504 e. The molecule has 0 saturated carbocycles. The smallest absolute Gasteiger partial charge is 0.271 e. The Morgan fingerprint density at radius 3 is 2.55 bits per heavy atom. The molecule has 0 fully saturated rings. The van der Waals surface area contributed by atoms with Crippen molar-refractivity contribution in [2.24, 2.45) is 5.10 Å². The molecular formula is C23H21N3O3. The molecule has 2 N–H and O–H groups in total. The second-order valence-corrected chi connectivity index (χ2v) is 6.81. The fourth-order valence-corrected chi connectivity index (χ4v) is 3.36. The van der Waals surface area contributed by atoms with Crippen molar-refractivity contribution < 1.29 is 14.6 Å². The van der Waals surface area contributed by atoms with E-state index in [1.165, 1.54) is 30.5 Å². The lowest BCUT2D eigenvalue weighted by atomic mass is 10.1. The van der Waals surface area contributed by atoms with Gasteiger partial charge >= 0.3 is 0 Å². The molecule has 6 heteroatoms. The minimum Gasteiger partial charge on any atom is -0.504 e. The highest BCUT2D eigenvalue weighted by Gasteiger charge is 2.19. The lowest BCUT2D eigenvalue weighted by molar-refractivity contribution is 0.0955. The molecule has 1 amide bonds. The van der Waals surface area contributed by atoms with Gasteiger partial charge in [-0.3, -0.25) is 4.79 Å². The van der Waals surface area contributed by atoms with Gasteiger partial charge in [-0.2, -0.15) is 5.10 Å². The predicted octanol–water partition coefficient (Wildman–Crippen LogP) is 3.68. The van der Waals surface area contributed by atoms with Crippen molar-refractivity contribution in [3.05, 3.63) is 89.0 Å². The Bertz CT molecular complexity index is 1050. The lowest BCUT2D eigenvalue weighted by Gasteiger charge is -2.18. The number of anilines is 1. The van der Waals surface area contributed by atoms with E-state index in [4.69, 9.17) is 4.74 Å². The average molecular weight is 387 g/mol. The van der Waals surface area contributed by atoms with E-state index < -0.39 is 0 Å². The van der Waals surface area contributed by atoms with E-state index in [1.807, 2.05) is 30.3 Å². The Balaban J connectivity index is 1.43. The van der Waals surface area contributed by atoms with Crippen molar-refractivity contribution in [1.82, 2.24) is 5.43 Å². The number of carbonyl (C=O) groups is 1. The number of amides is 1. The van der Waals surface area contributed by atoms with Crippen molar-refractivity contribution in [3.63, 3.8) is 0 Å². The number of methoxy groups -OCH3 is 1. The summed E-state index contributed by atoms with van der Waals surface area (Å²) in [6.45, 7) is 1.67. The number of phenols is 1. The Hall–Kier alpha value is -3.80. The van der Waals surface area contributed by atoms with Crippen LogP contribution in [-0.4, -0.2) is 24.3 Å². The number of ether oxygens (including phenoxy) is 1. The molecule has 1 aliphatic rings. The zero-order valence-electron chi connectivity index (χ0n) is 16.0. The maximum absolute atomic E-state index is 12.5. The molecule has 146 valence electrons. The number of hydrogen-bond donors (Lipinski definition) is 2. The topological polar surface area (TPSA) is 74.2 Å². The van der Waals surface area contributed by atoms with Crippen LogP contribution in [0.3, 0.4) is 0 Å².